The zero-order chi connectivity index (χ0) is 22.9. The molecule has 2 aromatic carbocycles. The molecule has 4 rings (SSSR count). The molecule has 0 aliphatic carbocycles. The van der Waals surface area contributed by atoms with E-state index in [9.17, 15) is 18.0 Å². The molecular formula is C21H22ClN3O5S2. The van der Waals surface area contributed by atoms with Crippen LogP contribution in [0.1, 0.15) is 12.5 Å². The highest BCUT2D eigenvalue weighted by atomic mass is 35.5. The molecule has 0 radical (unpaired) electrons. The first-order valence-corrected chi connectivity index (χ1v) is 12.7. The van der Waals surface area contributed by atoms with Crippen LogP contribution in [0.15, 0.2) is 52.2 Å². The standard InChI is InChI=1S/C21H22ClN3O5S2/c1-2-30-20(26)23-9-11-24(12-10-23)32(28,29)16-7-8-18-19(13-16)31-21(27)25(18)14-15-5-3-4-6-17(15)22/h3-8,13H,2,9-12,14H2,1H3. The quantitative estimate of drug-likeness (QED) is 0.542. The van der Waals surface area contributed by atoms with Crippen molar-refractivity contribution in [2.24, 2.45) is 0 Å². The topological polar surface area (TPSA) is 88.9 Å². The molecular weight excluding hydrogens is 474 g/mol. The maximum Gasteiger partial charge on any atom is 0.409 e. The molecule has 0 spiro atoms. The molecule has 170 valence electrons. The number of carbonyl (C=O) groups is 1. The third kappa shape index (κ3) is 4.40. The number of benzene rings is 2. The molecule has 1 saturated heterocycles. The minimum absolute atomic E-state index is 0.126. The number of hydrogen-bond acceptors (Lipinski definition) is 6. The fourth-order valence-electron chi connectivity index (χ4n) is 3.63. The summed E-state index contributed by atoms with van der Waals surface area (Å²) in [7, 11) is -3.76. The Morgan fingerprint density at radius 1 is 1.12 bits per heavy atom. The first-order valence-electron chi connectivity index (χ1n) is 10.1. The van der Waals surface area contributed by atoms with Crippen LogP contribution < -0.4 is 4.87 Å². The van der Waals surface area contributed by atoms with Crippen molar-refractivity contribution in [3.63, 3.8) is 0 Å². The van der Waals surface area contributed by atoms with Crippen LogP contribution in [0.25, 0.3) is 10.2 Å². The molecule has 0 saturated carbocycles. The van der Waals surface area contributed by atoms with Crippen LogP contribution in [0.4, 0.5) is 4.79 Å². The molecule has 1 aromatic heterocycles. The van der Waals surface area contributed by atoms with Crippen LogP contribution >= 0.6 is 22.9 Å². The number of carbonyl (C=O) groups excluding carboxylic acids is 1. The Morgan fingerprint density at radius 2 is 1.84 bits per heavy atom. The van der Waals surface area contributed by atoms with E-state index in [4.69, 9.17) is 16.3 Å². The van der Waals surface area contributed by atoms with E-state index >= 15 is 0 Å². The van der Waals surface area contributed by atoms with Gasteiger partial charge in [0.05, 0.1) is 28.3 Å². The highest BCUT2D eigenvalue weighted by Crippen LogP contribution is 2.26. The van der Waals surface area contributed by atoms with Crippen molar-refractivity contribution in [2.75, 3.05) is 32.8 Å². The molecule has 0 bridgehead atoms. The van der Waals surface area contributed by atoms with Crippen LogP contribution in [0, 0.1) is 0 Å². The minimum Gasteiger partial charge on any atom is -0.450 e. The number of aromatic nitrogens is 1. The largest absolute Gasteiger partial charge is 0.450 e. The molecule has 0 N–H and O–H groups in total. The van der Waals surface area contributed by atoms with Gasteiger partial charge in [0.2, 0.25) is 10.0 Å². The summed E-state index contributed by atoms with van der Waals surface area (Å²) in [4.78, 5) is 25.9. The number of sulfonamides is 1. The summed E-state index contributed by atoms with van der Waals surface area (Å²) < 4.78 is 34.8. The van der Waals surface area contributed by atoms with E-state index in [2.05, 4.69) is 0 Å². The summed E-state index contributed by atoms with van der Waals surface area (Å²) in [6, 6.07) is 12.0. The van der Waals surface area contributed by atoms with E-state index in [1.165, 1.54) is 21.3 Å². The highest BCUT2D eigenvalue weighted by molar-refractivity contribution is 7.89. The smallest absolute Gasteiger partial charge is 0.409 e. The predicted molar refractivity (Wildman–Crippen MR) is 124 cm³/mol. The fourth-order valence-corrected chi connectivity index (χ4v) is 6.28. The highest BCUT2D eigenvalue weighted by Gasteiger charge is 2.31. The number of amides is 1. The molecule has 1 aliphatic rings. The van der Waals surface area contributed by atoms with E-state index in [0.29, 0.717) is 21.8 Å². The van der Waals surface area contributed by atoms with Crippen LogP contribution in [0.2, 0.25) is 5.02 Å². The molecule has 0 atom stereocenters. The summed E-state index contributed by atoms with van der Waals surface area (Å²) in [5.41, 5.74) is 1.47. The van der Waals surface area contributed by atoms with Gasteiger partial charge in [-0.15, -0.1) is 0 Å². The van der Waals surface area contributed by atoms with Gasteiger partial charge >= 0.3 is 11.0 Å². The second kappa shape index (κ2) is 9.22. The maximum atomic E-state index is 13.2. The Bertz CT molecular complexity index is 1310. The Labute approximate surface area is 194 Å². The number of piperazine rings is 1. The van der Waals surface area contributed by atoms with E-state index in [1.54, 1.807) is 23.6 Å². The Balaban J connectivity index is 1.57. The van der Waals surface area contributed by atoms with Crippen molar-refractivity contribution >= 4 is 49.3 Å². The van der Waals surface area contributed by atoms with Gasteiger partial charge in [-0.1, -0.05) is 41.1 Å². The number of thiazole rings is 1. The molecule has 1 aliphatic heterocycles. The lowest BCUT2D eigenvalue weighted by Crippen LogP contribution is -2.50. The van der Waals surface area contributed by atoms with Gasteiger partial charge in [-0.05, 0) is 36.8 Å². The normalized spacial score (nSPS) is 15.2. The third-order valence-corrected chi connectivity index (χ3v) is 8.53. The summed E-state index contributed by atoms with van der Waals surface area (Å²) >= 11 is 7.24. The summed E-state index contributed by atoms with van der Waals surface area (Å²) in [5, 5.41) is 0.569. The number of rotatable bonds is 5. The lowest BCUT2D eigenvalue weighted by atomic mass is 10.2. The first-order chi connectivity index (χ1) is 15.3. The molecule has 8 nitrogen and oxygen atoms in total. The molecule has 1 fully saturated rings. The van der Waals surface area contributed by atoms with Crippen LogP contribution in [-0.2, 0) is 21.3 Å². The maximum absolute atomic E-state index is 13.2. The Hall–Kier alpha value is -2.40. The summed E-state index contributed by atoms with van der Waals surface area (Å²) in [6.07, 6.45) is -0.435. The molecule has 32 heavy (non-hydrogen) atoms. The average Bonchev–Trinajstić information content (AvgIpc) is 3.10. The van der Waals surface area contributed by atoms with Crippen LogP contribution in [0.5, 0.6) is 0 Å². The van der Waals surface area contributed by atoms with E-state index in [1.807, 2.05) is 18.2 Å². The van der Waals surface area contributed by atoms with Crippen molar-refractivity contribution in [2.45, 2.75) is 18.4 Å². The molecule has 1 amide bonds. The second-order valence-electron chi connectivity index (χ2n) is 7.27. The zero-order valence-corrected chi connectivity index (χ0v) is 19.8. The van der Waals surface area contributed by atoms with Gasteiger partial charge in [0.15, 0.2) is 0 Å². The number of halogens is 1. The Morgan fingerprint density at radius 3 is 2.53 bits per heavy atom. The van der Waals surface area contributed by atoms with Gasteiger partial charge in [0.1, 0.15) is 0 Å². The minimum atomic E-state index is -3.76. The SMILES string of the molecule is CCOC(=O)N1CCN(S(=O)(=O)c2ccc3c(c2)sc(=O)n3Cc2ccccc2Cl)CC1. The molecule has 0 unspecified atom stereocenters. The molecule has 2 heterocycles. The van der Waals surface area contributed by atoms with Crippen molar-refractivity contribution in [1.29, 1.82) is 0 Å². The van der Waals surface area contributed by atoms with Crippen molar-refractivity contribution in [3.8, 4) is 0 Å². The van der Waals surface area contributed by atoms with E-state index < -0.39 is 16.1 Å². The number of hydrogen-bond donors (Lipinski definition) is 0. The second-order valence-corrected chi connectivity index (χ2v) is 10.6. The van der Waals surface area contributed by atoms with Gasteiger partial charge in [0, 0.05) is 31.2 Å². The van der Waals surface area contributed by atoms with Crippen molar-refractivity contribution in [1.82, 2.24) is 13.8 Å². The van der Waals surface area contributed by atoms with Crippen LogP contribution in [-0.4, -0.2) is 61.1 Å². The van der Waals surface area contributed by atoms with Gasteiger partial charge in [-0.3, -0.25) is 9.36 Å². The fraction of sp³-hybridized carbons (Fsp3) is 0.333. The summed E-state index contributed by atoms with van der Waals surface area (Å²) in [6.45, 7) is 3.21. The molecule has 3 aromatic rings. The van der Waals surface area contributed by atoms with Gasteiger partial charge < -0.3 is 9.64 Å². The average molecular weight is 496 g/mol. The molecule has 11 heteroatoms. The summed E-state index contributed by atoms with van der Waals surface area (Å²) in [5.74, 6) is 0. The van der Waals surface area contributed by atoms with E-state index in [0.717, 1.165) is 16.9 Å². The Kier molecular flexibility index (Phi) is 6.57. The van der Waals surface area contributed by atoms with Crippen molar-refractivity contribution in [3.05, 3.63) is 62.7 Å². The third-order valence-electron chi connectivity index (χ3n) is 5.33. The van der Waals surface area contributed by atoms with Gasteiger partial charge in [0.25, 0.3) is 0 Å². The lowest BCUT2D eigenvalue weighted by molar-refractivity contribution is 0.0934. The van der Waals surface area contributed by atoms with E-state index in [-0.39, 0.29) is 42.6 Å². The monoisotopic (exact) mass is 495 g/mol. The predicted octanol–water partition coefficient (Wildman–Crippen LogP) is 3.23. The number of nitrogens with zero attached hydrogens (tertiary/aromatic N) is 3. The van der Waals surface area contributed by atoms with Crippen molar-refractivity contribution < 1.29 is 17.9 Å². The zero-order valence-electron chi connectivity index (χ0n) is 17.4. The number of ether oxygens (including phenoxy) is 1. The van der Waals surface area contributed by atoms with Gasteiger partial charge in [-0.2, -0.15) is 4.31 Å². The van der Waals surface area contributed by atoms with Gasteiger partial charge in [-0.25, -0.2) is 13.2 Å². The number of fused-ring (bicyclic) bond motifs is 1. The lowest BCUT2D eigenvalue weighted by Gasteiger charge is -2.33. The first kappa shape index (κ1) is 22.8. The van der Waals surface area contributed by atoms with Crippen LogP contribution in [0.3, 0.4) is 0 Å².